The molecule has 0 aliphatic heterocycles. The van der Waals surface area contributed by atoms with Crippen molar-refractivity contribution in [1.29, 1.82) is 0 Å². The van der Waals surface area contributed by atoms with Crippen LogP contribution in [0.15, 0.2) is 48.5 Å². The maximum atomic E-state index is 12.5. The number of nitrogens with one attached hydrogen (secondary N) is 2. The summed E-state index contributed by atoms with van der Waals surface area (Å²) in [6.07, 6.45) is 0. The van der Waals surface area contributed by atoms with Crippen LogP contribution in [-0.4, -0.2) is 17.8 Å². The molecule has 0 spiro atoms. The van der Waals surface area contributed by atoms with Gasteiger partial charge in [-0.25, -0.2) is 0 Å². The zero-order chi connectivity index (χ0) is 18.6. The van der Waals surface area contributed by atoms with Gasteiger partial charge in [-0.15, -0.1) is 0 Å². The highest BCUT2D eigenvalue weighted by Crippen LogP contribution is 2.21. The quantitative estimate of drug-likeness (QED) is 0.893. The Labute approximate surface area is 145 Å². The van der Waals surface area contributed by atoms with Crippen LogP contribution in [-0.2, 0) is 4.79 Å². The number of carbonyl (C=O) groups is 3. The summed E-state index contributed by atoms with van der Waals surface area (Å²) in [6.45, 7) is 5.34. The van der Waals surface area contributed by atoms with Crippen molar-refractivity contribution in [3.05, 3.63) is 59.7 Å². The van der Waals surface area contributed by atoms with Gasteiger partial charge in [-0.05, 0) is 29.8 Å². The topological polar surface area (TPSA) is 98.3 Å². The molecule has 0 atom stereocenters. The van der Waals surface area contributed by atoms with Crippen molar-refractivity contribution in [1.82, 2.24) is 0 Å². The fourth-order valence-corrected chi connectivity index (χ4v) is 1.99. The van der Waals surface area contributed by atoms with Gasteiger partial charge in [0, 0.05) is 11.1 Å². The average molecular weight is 339 g/mol. The van der Waals surface area contributed by atoms with Crippen LogP contribution in [0.2, 0.25) is 0 Å². The van der Waals surface area contributed by atoms with Crippen LogP contribution in [0.4, 0.5) is 11.4 Å². The molecule has 0 unspecified atom stereocenters. The number of anilines is 2. The molecule has 0 bridgehead atoms. The summed E-state index contributed by atoms with van der Waals surface area (Å²) in [5, 5.41) is 16.2. The molecule has 2 aromatic carbocycles. The summed E-state index contributed by atoms with van der Waals surface area (Å²) in [6, 6.07) is 12.3. The van der Waals surface area contributed by atoms with E-state index in [0.29, 0.717) is 16.9 Å². The molecule has 2 N–H and O–H groups in total. The summed E-state index contributed by atoms with van der Waals surface area (Å²) in [5.74, 6) is -1.90. The first-order chi connectivity index (χ1) is 11.7. The first-order valence-corrected chi connectivity index (χ1v) is 7.72. The molecular formula is C19H19N2O4-. The van der Waals surface area contributed by atoms with E-state index in [4.69, 9.17) is 0 Å². The standard InChI is InChI=1S/C19H20N2O4/c1-19(2,3)18(25)21-15-7-5-4-6-14(15)16(22)20-13-10-8-12(9-11-13)17(23)24/h4-11H,1-3H3,(H,20,22)(H,21,25)(H,23,24)/p-1. The molecule has 0 aliphatic carbocycles. The van der Waals surface area contributed by atoms with Gasteiger partial charge in [0.15, 0.2) is 0 Å². The van der Waals surface area contributed by atoms with Crippen LogP contribution in [0.5, 0.6) is 0 Å². The molecule has 0 heterocycles. The number of rotatable bonds is 4. The number of hydrogen-bond acceptors (Lipinski definition) is 4. The second-order valence-corrected chi connectivity index (χ2v) is 6.57. The van der Waals surface area contributed by atoms with Gasteiger partial charge in [0.25, 0.3) is 5.91 Å². The van der Waals surface area contributed by atoms with Crippen LogP contribution in [0.3, 0.4) is 0 Å². The fraction of sp³-hybridized carbons (Fsp3) is 0.211. The number of para-hydroxylation sites is 1. The largest absolute Gasteiger partial charge is 0.545 e. The molecule has 6 heteroatoms. The van der Waals surface area contributed by atoms with Gasteiger partial charge >= 0.3 is 0 Å². The lowest BCUT2D eigenvalue weighted by Gasteiger charge is -2.19. The highest BCUT2D eigenvalue weighted by atomic mass is 16.4. The molecule has 0 saturated carbocycles. The molecule has 6 nitrogen and oxygen atoms in total. The van der Waals surface area contributed by atoms with E-state index in [2.05, 4.69) is 10.6 Å². The monoisotopic (exact) mass is 339 g/mol. The van der Waals surface area contributed by atoms with Gasteiger partial charge in [0.2, 0.25) is 5.91 Å². The van der Waals surface area contributed by atoms with E-state index >= 15 is 0 Å². The summed E-state index contributed by atoms with van der Waals surface area (Å²) in [4.78, 5) is 35.4. The number of benzene rings is 2. The molecular weight excluding hydrogens is 320 g/mol. The molecule has 0 fully saturated rings. The molecule has 0 aromatic heterocycles. The lowest BCUT2D eigenvalue weighted by Crippen LogP contribution is -2.28. The first-order valence-electron chi connectivity index (χ1n) is 7.72. The Kier molecular flexibility index (Phi) is 5.22. The number of amides is 2. The zero-order valence-electron chi connectivity index (χ0n) is 14.3. The Balaban J connectivity index is 2.19. The normalized spacial score (nSPS) is 10.8. The number of carboxylic acids is 1. The minimum Gasteiger partial charge on any atom is -0.545 e. The van der Waals surface area contributed by atoms with E-state index in [9.17, 15) is 19.5 Å². The van der Waals surface area contributed by atoms with Crippen LogP contribution >= 0.6 is 0 Å². The van der Waals surface area contributed by atoms with Crippen molar-refractivity contribution < 1.29 is 19.5 Å². The third kappa shape index (κ3) is 4.67. The Hall–Kier alpha value is -3.15. The van der Waals surface area contributed by atoms with Crippen molar-refractivity contribution in [2.24, 2.45) is 5.41 Å². The van der Waals surface area contributed by atoms with Gasteiger partial charge in [-0.1, -0.05) is 45.0 Å². The highest BCUT2D eigenvalue weighted by molar-refractivity contribution is 6.10. The van der Waals surface area contributed by atoms with Crippen molar-refractivity contribution in [2.45, 2.75) is 20.8 Å². The predicted molar refractivity (Wildman–Crippen MR) is 93.3 cm³/mol. The molecule has 2 rings (SSSR count). The molecule has 25 heavy (non-hydrogen) atoms. The average Bonchev–Trinajstić information content (AvgIpc) is 2.54. The van der Waals surface area contributed by atoms with E-state index < -0.39 is 17.3 Å². The molecule has 0 aliphatic rings. The second kappa shape index (κ2) is 7.17. The van der Waals surface area contributed by atoms with Crippen LogP contribution in [0.25, 0.3) is 0 Å². The lowest BCUT2D eigenvalue weighted by molar-refractivity contribution is -0.255. The Bertz CT molecular complexity index is 805. The fourth-order valence-electron chi connectivity index (χ4n) is 1.99. The second-order valence-electron chi connectivity index (χ2n) is 6.57. The molecule has 2 amide bonds. The maximum absolute atomic E-state index is 12.5. The Morgan fingerprint density at radius 3 is 2.04 bits per heavy atom. The summed E-state index contributed by atoms with van der Waals surface area (Å²) in [7, 11) is 0. The molecule has 0 radical (unpaired) electrons. The minimum absolute atomic E-state index is 0.0239. The number of carboxylic acid groups (broad SMARTS) is 1. The Morgan fingerprint density at radius 2 is 1.48 bits per heavy atom. The SMILES string of the molecule is CC(C)(C)C(=O)Nc1ccccc1C(=O)Nc1ccc(C(=O)[O-])cc1. The van der Waals surface area contributed by atoms with Crippen LogP contribution in [0, 0.1) is 5.41 Å². The van der Waals surface area contributed by atoms with Gasteiger partial charge in [-0.3, -0.25) is 9.59 Å². The molecule has 130 valence electrons. The molecule has 2 aromatic rings. The Morgan fingerprint density at radius 1 is 0.880 bits per heavy atom. The van der Waals surface area contributed by atoms with E-state index in [1.807, 2.05) is 0 Å². The van der Waals surface area contributed by atoms with Crippen molar-refractivity contribution in [2.75, 3.05) is 10.6 Å². The number of carbonyl (C=O) groups excluding carboxylic acids is 3. The number of aromatic carboxylic acids is 1. The van der Waals surface area contributed by atoms with Crippen molar-refractivity contribution in [3.8, 4) is 0 Å². The minimum atomic E-state index is -1.28. The third-order valence-electron chi connectivity index (χ3n) is 3.48. The summed E-state index contributed by atoms with van der Waals surface area (Å²) in [5.41, 5.74) is 0.586. The van der Waals surface area contributed by atoms with E-state index in [1.165, 1.54) is 24.3 Å². The first kappa shape index (κ1) is 18.2. The summed E-state index contributed by atoms with van der Waals surface area (Å²) < 4.78 is 0. The van der Waals surface area contributed by atoms with Crippen LogP contribution < -0.4 is 15.7 Å². The molecule has 0 saturated heterocycles. The van der Waals surface area contributed by atoms with Crippen molar-refractivity contribution >= 4 is 29.2 Å². The van der Waals surface area contributed by atoms with Gasteiger partial charge in [0.1, 0.15) is 0 Å². The van der Waals surface area contributed by atoms with E-state index in [-0.39, 0.29) is 11.5 Å². The van der Waals surface area contributed by atoms with Gasteiger partial charge in [0.05, 0.1) is 17.2 Å². The lowest BCUT2D eigenvalue weighted by atomic mass is 9.95. The smallest absolute Gasteiger partial charge is 0.257 e. The van der Waals surface area contributed by atoms with Crippen LogP contribution in [0.1, 0.15) is 41.5 Å². The van der Waals surface area contributed by atoms with Gasteiger partial charge < -0.3 is 20.5 Å². The van der Waals surface area contributed by atoms with E-state index in [1.54, 1.807) is 45.0 Å². The summed E-state index contributed by atoms with van der Waals surface area (Å²) >= 11 is 0. The van der Waals surface area contributed by atoms with Gasteiger partial charge in [-0.2, -0.15) is 0 Å². The third-order valence-corrected chi connectivity index (χ3v) is 3.48. The van der Waals surface area contributed by atoms with E-state index in [0.717, 1.165) is 0 Å². The van der Waals surface area contributed by atoms with Crippen molar-refractivity contribution in [3.63, 3.8) is 0 Å². The predicted octanol–water partition coefficient (Wildman–Crippen LogP) is 2.29. The number of hydrogen-bond donors (Lipinski definition) is 2. The highest BCUT2D eigenvalue weighted by Gasteiger charge is 2.23. The zero-order valence-corrected chi connectivity index (χ0v) is 14.3. The maximum Gasteiger partial charge on any atom is 0.257 e.